The molecule has 14 heavy (non-hydrogen) atoms. The van der Waals surface area contributed by atoms with Crippen molar-refractivity contribution in [3.63, 3.8) is 0 Å². The number of hydrogen-bond acceptors (Lipinski definition) is 4. The van der Waals surface area contributed by atoms with Crippen molar-refractivity contribution in [2.75, 3.05) is 19.0 Å². The fraction of sp³-hybridized carbons (Fsp3) is 0.500. The minimum Gasteiger partial charge on any atom is -0.383 e. The van der Waals surface area contributed by atoms with Crippen molar-refractivity contribution < 1.29 is 4.74 Å². The Bertz CT molecular complexity index is 311. The third kappa shape index (κ3) is 3.40. The molecule has 0 spiro atoms. The first-order valence-electron chi connectivity index (χ1n) is 4.07. The average molecular weight is 281 g/mol. The van der Waals surface area contributed by atoms with E-state index in [-0.39, 0.29) is 11.3 Å². The maximum Gasteiger partial charge on any atom is 0.224 e. The number of nitrogens with one attached hydrogen (secondary N) is 1. The van der Waals surface area contributed by atoms with Crippen LogP contribution in [0.5, 0.6) is 0 Å². The summed E-state index contributed by atoms with van der Waals surface area (Å²) in [5.41, 5.74) is 0. The minimum atomic E-state index is 0.169. The molecular weight excluding hydrogens is 269 g/mol. The van der Waals surface area contributed by atoms with Crippen molar-refractivity contribution in [1.82, 2.24) is 9.97 Å². The Morgan fingerprint density at radius 2 is 2.43 bits per heavy atom. The number of hydrogen-bond donors (Lipinski definition) is 1. The summed E-state index contributed by atoms with van der Waals surface area (Å²) in [6.07, 6.45) is 1.61. The van der Waals surface area contributed by atoms with E-state index in [1.807, 2.05) is 6.92 Å². The Labute approximate surface area is 96.2 Å². The summed E-state index contributed by atoms with van der Waals surface area (Å²) in [5.74, 6) is 0.676. The average Bonchev–Trinajstić information content (AvgIpc) is 2.12. The molecule has 1 atom stereocenters. The van der Waals surface area contributed by atoms with Gasteiger partial charge in [0, 0.05) is 19.3 Å². The number of nitrogens with zero attached hydrogens (tertiary/aromatic N) is 2. The third-order valence-corrected chi connectivity index (χ3v) is 2.28. The van der Waals surface area contributed by atoms with Gasteiger partial charge in [-0.3, -0.25) is 0 Å². The van der Waals surface area contributed by atoms with Gasteiger partial charge < -0.3 is 10.1 Å². The standard InChI is InChI=1S/C8H11BrClN3O/c1-5(4-14-2)12-7-6(9)3-11-8(10)13-7/h3,5H,4H2,1-2H3,(H,11,12,13). The fourth-order valence-electron chi connectivity index (χ4n) is 0.972. The minimum absolute atomic E-state index is 0.169. The van der Waals surface area contributed by atoms with Gasteiger partial charge in [0.15, 0.2) is 0 Å². The van der Waals surface area contributed by atoms with Crippen LogP contribution in [0, 0.1) is 0 Å². The van der Waals surface area contributed by atoms with Crippen molar-refractivity contribution in [1.29, 1.82) is 0 Å². The Morgan fingerprint density at radius 3 is 3.07 bits per heavy atom. The number of aromatic nitrogens is 2. The van der Waals surface area contributed by atoms with Gasteiger partial charge in [0.25, 0.3) is 0 Å². The van der Waals surface area contributed by atoms with E-state index < -0.39 is 0 Å². The lowest BCUT2D eigenvalue weighted by atomic mass is 10.3. The molecule has 0 fully saturated rings. The van der Waals surface area contributed by atoms with Crippen molar-refractivity contribution in [2.45, 2.75) is 13.0 Å². The molecule has 1 aromatic heterocycles. The third-order valence-electron chi connectivity index (χ3n) is 1.51. The molecule has 1 N–H and O–H groups in total. The molecule has 0 aliphatic carbocycles. The van der Waals surface area contributed by atoms with E-state index in [1.165, 1.54) is 0 Å². The zero-order valence-corrected chi connectivity index (χ0v) is 10.3. The van der Waals surface area contributed by atoms with Crippen molar-refractivity contribution in [3.05, 3.63) is 16.0 Å². The van der Waals surface area contributed by atoms with Crippen LogP contribution in [0.4, 0.5) is 5.82 Å². The Hall–Kier alpha value is -0.390. The maximum absolute atomic E-state index is 5.66. The molecule has 0 saturated carbocycles. The smallest absolute Gasteiger partial charge is 0.224 e. The highest BCUT2D eigenvalue weighted by atomic mass is 79.9. The van der Waals surface area contributed by atoms with Crippen LogP contribution in [0.1, 0.15) is 6.92 Å². The van der Waals surface area contributed by atoms with Gasteiger partial charge in [0.1, 0.15) is 5.82 Å². The highest BCUT2D eigenvalue weighted by Gasteiger charge is 2.07. The van der Waals surface area contributed by atoms with Gasteiger partial charge in [0.2, 0.25) is 5.28 Å². The van der Waals surface area contributed by atoms with Gasteiger partial charge in [-0.25, -0.2) is 4.98 Å². The lowest BCUT2D eigenvalue weighted by Gasteiger charge is -2.14. The maximum atomic E-state index is 5.66. The fourth-order valence-corrected chi connectivity index (χ4v) is 1.41. The van der Waals surface area contributed by atoms with Crippen molar-refractivity contribution in [3.8, 4) is 0 Å². The van der Waals surface area contributed by atoms with E-state index >= 15 is 0 Å². The molecule has 0 amide bonds. The molecule has 78 valence electrons. The first-order chi connectivity index (χ1) is 6.63. The van der Waals surface area contributed by atoms with Gasteiger partial charge in [0.05, 0.1) is 11.1 Å². The summed E-state index contributed by atoms with van der Waals surface area (Å²) in [7, 11) is 1.65. The monoisotopic (exact) mass is 279 g/mol. The van der Waals surface area contributed by atoms with Gasteiger partial charge in [-0.15, -0.1) is 0 Å². The normalized spacial score (nSPS) is 12.6. The van der Waals surface area contributed by atoms with Crippen LogP contribution in [0.25, 0.3) is 0 Å². The molecule has 0 aliphatic rings. The van der Waals surface area contributed by atoms with E-state index in [0.29, 0.717) is 12.4 Å². The molecule has 1 rings (SSSR count). The van der Waals surface area contributed by atoms with E-state index in [9.17, 15) is 0 Å². The summed E-state index contributed by atoms with van der Waals surface area (Å²) in [6, 6.07) is 0.169. The number of methoxy groups -OCH3 is 1. The Kier molecular flexibility index (Phi) is 4.57. The first-order valence-corrected chi connectivity index (χ1v) is 5.24. The predicted molar refractivity (Wildman–Crippen MR) is 59.7 cm³/mol. The van der Waals surface area contributed by atoms with Crippen LogP contribution < -0.4 is 5.32 Å². The zero-order chi connectivity index (χ0) is 10.6. The summed E-state index contributed by atoms with van der Waals surface area (Å²) in [4.78, 5) is 7.86. The van der Waals surface area contributed by atoms with Crippen molar-refractivity contribution >= 4 is 33.3 Å². The lowest BCUT2D eigenvalue weighted by molar-refractivity contribution is 0.190. The first kappa shape index (κ1) is 11.7. The summed E-state index contributed by atoms with van der Waals surface area (Å²) in [5, 5.41) is 3.37. The molecule has 0 radical (unpaired) electrons. The summed E-state index contributed by atoms with van der Waals surface area (Å²) >= 11 is 8.99. The van der Waals surface area contributed by atoms with Crippen LogP contribution in [0.15, 0.2) is 10.7 Å². The van der Waals surface area contributed by atoms with E-state index in [4.69, 9.17) is 16.3 Å². The number of ether oxygens (including phenoxy) is 1. The van der Waals surface area contributed by atoms with E-state index in [0.717, 1.165) is 4.47 Å². The van der Waals surface area contributed by atoms with Gasteiger partial charge >= 0.3 is 0 Å². The Balaban J connectivity index is 2.70. The van der Waals surface area contributed by atoms with Crippen LogP contribution in [0.3, 0.4) is 0 Å². The molecule has 0 saturated heterocycles. The molecule has 1 heterocycles. The van der Waals surface area contributed by atoms with Gasteiger partial charge in [-0.1, -0.05) is 0 Å². The summed E-state index contributed by atoms with van der Waals surface area (Å²) in [6.45, 7) is 2.60. The second-order valence-corrected chi connectivity index (χ2v) is 4.03. The highest BCUT2D eigenvalue weighted by molar-refractivity contribution is 9.10. The predicted octanol–water partition coefficient (Wildman–Crippen LogP) is 2.34. The summed E-state index contributed by atoms with van der Waals surface area (Å²) < 4.78 is 5.77. The lowest BCUT2D eigenvalue weighted by Crippen LogP contribution is -2.21. The molecular formula is C8H11BrClN3O. The van der Waals surface area contributed by atoms with E-state index in [1.54, 1.807) is 13.3 Å². The van der Waals surface area contributed by atoms with Crippen LogP contribution in [-0.4, -0.2) is 29.7 Å². The second kappa shape index (κ2) is 5.48. The molecule has 0 aromatic carbocycles. The number of anilines is 1. The highest BCUT2D eigenvalue weighted by Crippen LogP contribution is 2.20. The van der Waals surface area contributed by atoms with Crippen LogP contribution in [-0.2, 0) is 4.74 Å². The quantitative estimate of drug-likeness (QED) is 0.860. The largest absolute Gasteiger partial charge is 0.383 e. The van der Waals surface area contributed by atoms with Crippen molar-refractivity contribution in [2.24, 2.45) is 0 Å². The van der Waals surface area contributed by atoms with Gasteiger partial charge in [-0.05, 0) is 34.5 Å². The topological polar surface area (TPSA) is 47.0 Å². The Morgan fingerprint density at radius 1 is 1.71 bits per heavy atom. The van der Waals surface area contributed by atoms with Crippen LogP contribution in [0.2, 0.25) is 5.28 Å². The molecule has 0 bridgehead atoms. The molecule has 1 aromatic rings. The van der Waals surface area contributed by atoms with E-state index in [2.05, 4.69) is 31.2 Å². The molecule has 4 nitrogen and oxygen atoms in total. The zero-order valence-electron chi connectivity index (χ0n) is 7.92. The van der Waals surface area contributed by atoms with Gasteiger partial charge in [-0.2, -0.15) is 4.98 Å². The molecule has 6 heteroatoms. The number of rotatable bonds is 4. The second-order valence-electron chi connectivity index (χ2n) is 2.84. The number of halogens is 2. The SMILES string of the molecule is COCC(C)Nc1nc(Cl)ncc1Br. The van der Waals surface area contributed by atoms with Crippen LogP contribution >= 0.6 is 27.5 Å². The molecule has 1 unspecified atom stereocenters. The molecule has 0 aliphatic heterocycles.